The van der Waals surface area contributed by atoms with Crippen LogP contribution in [-0.2, 0) is 9.47 Å². The largest absolute Gasteiger partial charge is 0.386 e. The lowest BCUT2D eigenvalue weighted by atomic mass is 9.87. The molecule has 1 N–H and O–H groups in total. The van der Waals surface area contributed by atoms with E-state index in [9.17, 15) is 5.11 Å². The summed E-state index contributed by atoms with van der Waals surface area (Å²) in [6, 6.07) is 1.93. The van der Waals surface area contributed by atoms with Gasteiger partial charge in [0.1, 0.15) is 12.2 Å². The van der Waals surface area contributed by atoms with Crippen LogP contribution in [-0.4, -0.2) is 37.6 Å². The quantitative estimate of drug-likeness (QED) is 0.659. The molecule has 14 heavy (non-hydrogen) atoms. The highest BCUT2D eigenvalue weighted by Gasteiger charge is 2.35. The standard InChI is InChI=1S/C10H15NO3/c1-13-8-4-3-7(5-6-11)9(12)10(8)14-2/h5,8-10,12H,3-4H2,1-2H3. The van der Waals surface area contributed by atoms with Gasteiger partial charge in [0.15, 0.2) is 0 Å². The summed E-state index contributed by atoms with van der Waals surface area (Å²) in [5, 5.41) is 18.3. The van der Waals surface area contributed by atoms with Crippen molar-refractivity contribution in [2.24, 2.45) is 0 Å². The molecule has 1 saturated carbocycles. The van der Waals surface area contributed by atoms with Gasteiger partial charge in [-0.15, -0.1) is 0 Å². The van der Waals surface area contributed by atoms with Crippen molar-refractivity contribution in [3.05, 3.63) is 11.6 Å². The Morgan fingerprint density at radius 1 is 1.50 bits per heavy atom. The summed E-state index contributed by atoms with van der Waals surface area (Å²) in [5.41, 5.74) is 0.729. The number of hydrogen-bond donors (Lipinski definition) is 1. The van der Waals surface area contributed by atoms with Gasteiger partial charge in [-0.2, -0.15) is 5.26 Å². The van der Waals surface area contributed by atoms with Gasteiger partial charge in [-0.1, -0.05) is 0 Å². The summed E-state index contributed by atoms with van der Waals surface area (Å²) < 4.78 is 10.4. The average molecular weight is 197 g/mol. The number of ether oxygens (including phenoxy) is 2. The molecule has 0 spiro atoms. The molecule has 0 radical (unpaired) electrons. The van der Waals surface area contributed by atoms with Gasteiger partial charge in [-0.25, -0.2) is 0 Å². The SMILES string of the molecule is COC1CCC(=CC#N)C(O)C1OC. The minimum Gasteiger partial charge on any atom is -0.386 e. The van der Waals surface area contributed by atoms with Crippen LogP contribution in [0.25, 0.3) is 0 Å². The van der Waals surface area contributed by atoms with Gasteiger partial charge in [0.05, 0.1) is 12.2 Å². The summed E-state index contributed by atoms with van der Waals surface area (Å²) >= 11 is 0. The highest BCUT2D eigenvalue weighted by atomic mass is 16.5. The highest BCUT2D eigenvalue weighted by molar-refractivity contribution is 5.21. The van der Waals surface area contributed by atoms with E-state index >= 15 is 0 Å². The van der Waals surface area contributed by atoms with E-state index in [2.05, 4.69) is 0 Å². The summed E-state index contributed by atoms with van der Waals surface area (Å²) in [6.07, 6.45) is 1.67. The Bertz CT molecular complexity index is 257. The molecule has 4 heteroatoms. The third kappa shape index (κ3) is 2.13. The van der Waals surface area contributed by atoms with E-state index in [4.69, 9.17) is 14.7 Å². The number of aliphatic hydroxyl groups is 1. The molecule has 0 aliphatic heterocycles. The third-order valence-corrected chi connectivity index (χ3v) is 2.60. The van der Waals surface area contributed by atoms with Crippen LogP contribution in [0.4, 0.5) is 0 Å². The molecule has 1 rings (SSSR count). The van der Waals surface area contributed by atoms with Crippen LogP contribution >= 0.6 is 0 Å². The second kappa shape index (κ2) is 5.11. The van der Waals surface area contributed by atoms with Gasteiger partial charge in [0, 0.05) is 20.3 Å². The zero-order chi connectivity index (χ0) is 10.6. The minimum atomic E-state index is -0.724. The van der Waals surface area contributed by atoms with E-state index < -0.39 is 6.10 Å². The molecular weight excluding hydrogens is 182 g/mol. The maximum absolute atomic E-state index is 9.84. The summed E-state index contributed by atoms with van der Waals surface area (Å²) in [5.74, 6) is 0. The van der Waals surface area contributed by atoms with Gasteiger partial charge < -0.3 is 14.6 Å². The lowest BCUT2D eigenvalue weighted by molar-refractivity contribution is -0.0988. The van der Waals surface area contributed by atoms with Gasteiger partial charge in [0.2, 0.25) is 0 Å². The Kier molecular flexibility index (Phi) is 4.08. The number of rotatable bonds is 2. The lowest BCUT2D eigenvalue weighted by Gasteiger charge is -2.34. The molecule has 0 amide bonds. The first-order valence-corrected chi connectivity index (χ1v) is 4.56. The summed E-state index contributed by atoms with van der Waals surface area (Å²) in [6.45, 7) is 0. The van der Waals surface area contributed by atoms with Crippen molar-refractivity contribution in [1.82, 2.24) is 0 Å². The van der Waals surface area contributed by atoms with Crippen LogP contribution in [0.3, 0.4) is 0 Å². The molecule has 0 heterocycles. The normalized spacial score (nSPS) is 35.6. The van der Waals surface area contributed by atoms with Crippen LogP contribution < -0.4 is 0 Å². The smallest absolute Gasteiger partial charge is 0.113 e. The van der Waals surface area contributed by atoms with E-state index in [-0.39, 0.29) is 12.2 Å². The van der Waals surface area contributed by atoms with E-state index in [0.717, 1.165) is 12.0 Å². The molecule has 1 aliphatic carbocycles. The highest BCUT2D eigenvalue weighted by Crippen LogP contribution is 2.27. The fourth-order valence-corrected chi connectivity index (χ4v) is 1.81. The van der Waals surface area contributed by atoms with E-state index in [1.807, 2.05) is 6.07 Å². The average Bonchev–Trinajstić information content (AvgIpc) is 2.21. The van der Waals surface area contributed by atoms with Crippen LogP contribution in [0.15, 0.2) is 11.6 Å². The van der Waals surface area contributed by atoms with Crippen LogP contribution in [0.5, 0.6) is 0 Å². The number of nitriles is 1. The van der Waals surface area contributed by atoms with Crippen molar-refractivity contribution < 1.29 is 14.6 Å². The van der Waals surface area contributed by atoms with E-state index in [1.165, 1.54) is 13.2 Å². The van der Waals surface area contributed by atoms with Gasteiger partial charge >= 0.3 is 0 Å². The summed E-state index contributed by atoms with van der Waals surface area (Å²) in [4.78, 5) is 0. The van der Waals surface area contributed by atoms with Crippen molar-refractivity contribution in [2.45, 2.75) is 31.2 Å². The number of nitrogens with zero attached hydrogens (tertiary/aromatic N) is 1. The first-order chi connectivity index (χ1) is 6.74. The van der Waals surface area contributed by atoms with Crippen LogP contribution in [0.2, 0.25) is 0 Å². The molecule has 1 aliphatic rings. The number of aliphatic hydroxyl groups excluding tert-OH is 1. The van der Waals surface area contributed by atoms with E-state index in [0.29, 0.717) is 6.42 Å². The molecule has 3 atom stereocenters. The molecule has 3 unspecified atom stereocenters. The number of allylic oxidation sites excluding steroid dienone is 1. The molecule has 4 nitrogen and oxygen atoms in total. The molecule has 78 valence electrons. The second-order valence-corrected chi connectivity index (χ2v) is 3.31. The fourth-order valence-electron chi connectivity index (χ4n) is 1.81. The maximum atomic E-state index is 9.84. The predicted octanol–water partition coefficient (Wildman–Crippen LogP) is 0.621. The Labute approximate surface area is 83.7 Å². The lowest BCUT2D eigenvalue weighted by Crippen LogP contribution is -2.44. The third-order valence-electron chi connectivity index (χ3n) is 2.60. The molecule has 0 bridgehead atoms. The molecule has 0 saturated heterocycles. The summed E-state index contributed by atoms with van der Waals surface area (Å²) in [7, 11) is 3.14. The molecule has 0 aromatic carbocycles. The number of methoxy groups -OCH3 is 2. The van der Waals surface area contributed by atoms with Crippen molar-refractivity contribution in [3.63, 3.8) is 0 Å². The zero-order valence-corrected chi connectivity index (χ0v) is 8.43. The Morgan fingerprint density at radius 3 is 2.71 bits per heavy atom. The monoisotopic (exact) mass is 197 g/mol. The van der Waals surface area contributed by atoms with Crippen molar-refractivity contribution in [2.75, 3.05) is 14.2 Å². The molecular formula is C10H15NO3. The van der Waals surface area contributed by atoms with Crippen LogP contribution in [0.1, 0.15) is 12.8 Å². The van der Waals surface area contributed by atoms with Crippen LogP contribution in [0, 0.1) is 11.3 Å². The second-order valence-electron chi connectivity index (χ2n) is 3.31. The van der Waals surface area contributed by atoms with E-state index in [1.54, 1.807) is 7.11 Å². The van der Waals surface area contributed by atoms with Gasteiger partial charge in [0.25, 0.3) is 0 Å². The van der Waals surface area contributed by atoms with Crippen molar-refractivity contribution in [3.8, 4) is 6.07 Å². The predicted molar refractivity (Wildman–Crippen MR) is 50.5 cm³/mol. The Morgan fingerprint density at radius 2 is 2.21 bits per heavy atom. The first kappa shape index (κ1) is 11.2. The topological polar surface area (TPSA) is 62.5 Å². The molecule has 0 aromatic heterocycles. The minimum absolute atomic E-state index is 0.0918. The Balaban J connectivity index is 2.77. The number of hydrogen-bond acceptors (Lipinski definition) is 4. The van der Waals surface area contributed by atoms with Crippen molar-refractivity contribution in [1.29, 1.82) is 5.26 Å². The van der Waals surface area contributed by atoms with Gasteiger partial charge in [-0.3, -0.25) is 0 Å². The van der Waals surface area contributed by atoms with Gasteiger partial charge in [-0.05, 0) is 18.4 Å². The van der Waals surface area contributed by atoms with Crippen molar-refractivity contribution >= 4 is 0 Å². The molecule has 1 fully saturated rings. The maximum Gasteiger partial charge on any atom is 0.113 e. The molecule has 0 aromatic rings. The zero-order valence-electron chi connectivity index (χ0n) is 8.43. The Hall–Kier alpha value is -0.890. The first-order valence-electron chi connectivity index (χ1n) is 4.56. The fraction of sp³-hybridized carbons (Fsp3) is 0.700.